The predicted octanol–water partition coefficient (Wildman–Crippen LogP) is -6.18. The minimum absolute atomic E-state index is 0. The molecule has 0 atom stereocenters. The van der Waals surface area contributed by atoms with E-state index < -0.39 is 7.82 Å². The molecule has 9 heteroatoms. The van der Waals surface area contributed by atoms with Crippen LogP contribution in [0.4, 0.5) is 0 Å². The first-order valence-electron chi connectivity index (χ1n) is 0.783. The van der Waals surface area contributed by atoms with Crippen LogP contribution in [0.15, 0.2) is 0 Å². The number of phosphoric acid groups is 1. The fourth-order valence-electron chi connectivity index (χ4n) is 0. The molecule has 0 unspecified atom stereocenters. The summed E-state index contributed by atoms with van der Waals surface area (Å²) in [6.07, 6.45) is 0. The van der Waals surface area contributed by atoms with Crippen LogP contribution in [0, 0.1) is 0 Å². The summed E-state index contributed by atoms with van der Waals surface area (Å²) in [5, 5.41) is 0. The number of rotatable bonds is 0. The molecule has 0 aromatic heterocycles. The van der Waals surface area contributed by atoms with Gasteiger partial charge in [0, 0.05) is 26.2 Å². The largest absolute Gasteiger partial charge is 1.00 e. The molecule has 4 nitrogen and oxygen atoms in total. The van der Waals surface area contributed by atoms with Gasteiger partial charge in [-0.15, -0.1) is 0 Å². The maximum absolute atomic E-state index is 8.88. The van der Waals surface area contributed by atoms with Crippen molar-refractivity contribution in [1.82, 2.24) is 0 Å². The van der Waals surface area contributed by atoms with Gasteiger partial charge < -0.3 is 16.1 Å². The van der Waals surface area contributed by atoms with E-state index in [1.165, 1.54) is 0 Å². The van der Waals surface area contributed by atoms with E-state index in [1.807, 2.05) is 0 Å². The SMILES string of the molecule is O=P(O)(O)O.[GaH3].[GaH3].[H-].[Li+].[Zr]. The van der Waals surface area contributed by atoms with Gasteiger partial charge in [0.25, 0.3) is 0 Å². The van der Waals surface area contributed by atoms with Crippen molar-refractivity contribution in [3.05, 3.63) is 0 Å². The Hall–Kier alpha value is 2.86. The molecule has 0 bridgehead atoms. The van der Waals surface area contributed by atoms with E-state index in [0.29, 0.717) is 0 Å². The third-order valence-corrected chi connectivity index (χ3v) is 0. The Labute approximate surface area is 112 Å². The van der Waals surface area contributed by atoms with Crippen LogP contribution >= 0.6 is 7.82 Å². The van der Waals surface area contributed by atoms with E-state index in [2.05, 4.69) is 0 Å². The standard InChI is InChI=1S/2Ga.Li.H3O4P.Zr.7H/c;;;1-5(2,3)4;;;;;;;;/h;;;(H3,1,2,3,4);;;;;;;;/q;;+1;;;;;;;;;-1. The van der Waals surface area contributed by atoms with E-state index in [1.54, 1.807) is 0 Å². The van der Waals surface area contributed by atoms with Gasteiger partial charge in [-0.2, -0.15) is 0 Å². The van der Waals surface area contributed by atoms with Gasteiger partial charge in [0.15, 0.2) is 0 Å². The Kier molecular flexibility index (Phi) is 44.4. The summed E-state index contributed by atoms with van der Waals surface area (Å²) < 4.78 is 8.88. The fourth-order valence-corrected chi connectivity index (χ4v) is 0. The van der Waals surface area contributed by atoms with Crippen molar-refractivity contribution >= 4 is 47.4 Å². The van der Waals surface area contributed by atoms with Crippen molar-refractivity contribution in [3.63, 3.8) is 0 Å². The average Bonchev–Trinajstić information content (AvgIpc) is 0.722. The van der Waals surface area contributed by atoms with Crippen molar-refractivity contribution < 1.29 is 65.7 Å². The molecule has 9 heavy (non-hydrogen) atoms. The molecule has 0 amide bonds. The molecular weight excluding hydrogens is 333 g/mol. The Morgan fingerprint density at radius 2 is 1.11 bits per heavy atom. The summed E-state index contributed by atoms with van der Waals surface area (Å²) in [6.45, 7) is 0. The van der Waals surface area contributed by atoms with Crippen molar-refractivity contribution in [2.45, 2.75) is 0 Å². The molecule has 3 N–H and O–H groups in total. The quantitative estimate of drug-likeness (QED) is 0.302. The first-order chi connectivity index (χ1) is 2.00. The van der Waals surface area contributed by atoms with Gasteiger partial charge >= 0.3 is 66.3 Å². The zero-order valence-electron chi connectivity index (χ0n) is 4.70. The van der Waals surface area contributed by atoms with Crippen LogP contribution in [0.25, 0.3) is 0 Å². The molecule has 0 heterocycles. The summed E-state index contributed by atoms with van der Waals surface area (Å²) in [4.78, 5) is 21.6. The number of hydrogen-bond donors (Lipinski definition) is 3. The second-order valence-corrected chi connectivity index (χ2v) is 1.54. The first kappa shape index (κ1) is 29.7. The van der Waals surface area contributed by atoms with Gasteiger partial charge in [-0.25, -0.2) is 4.57 Å². The van der Waals surface area contributed by atoms with Crippen LogP contribution in [0.3, 0.4) is 0 Å². The Balaban J connectivity index is -0.00000000800. The molecule has 0 aromatic rings. The first-order valence-corrected chi connectivity index (χ1v) is 2.35. The third kappa shape index (κ3) is 104. The monoisotopic (exact) mass is 340 g/mol. The maximum Gasteiger partial charge on any atom is 1.00 e. The number of hydrogen-bond acceptors (Lipinski definition) is 1. The second-order valence-electron chi connectivity index (χ2n) is 0.513. The molecule has 0 spiro atoms. The molecule has 0 aliphatic heterocycles. The summed E-state index contributed by atoms with van der Waals surface area (Å²) in [6, 6.07) is 0. The van der Waals surface area contributed by atoms with Gasteiger partial charge in [-0.05, 0) is 0 Å². The molecule has 0 rings (SSSR count). The second kappa shape index (κ2) is 13.5. The van der Waals surface area contributed by atoms with Crippen molar-refractivity contribution in [2.24, 2.45) is 0 Å². The topological polar surface area (TPSA) is 77.8 Å². The van der Waals surface area contributed by atoms with Crippen LogP contribution in [-0.4, -0.2) is 54.3 Å². The smallest absolute Gasteiger partial charge is 1.00 e. The molecular formula is H10Ga2LiO4PZr. The molecule has 0 saturated heterocycles. The zero-order valence-corrected chi connectivity index (χ0v) is 7.05. The minimum atomic E-state index is -4.64. The van der Waals surface area contributed by atoms with E-state index in [-0.39, 0.29) is 86.1 Å². The summed E-state index contributed by atoms with van der Waals surface area (Å²) >= 11 is 0. The van der Waals surface area contributed by atoms with Crippen LogP contribution in [0.2, 0.25) is 0 Å². The summed E-state index contributed by atoms with van der Waals surface area (Å²) in [7, 11) is -4.64. The van der Waals surface area contributed by atoms with E-state index in [0.717, 1.165) is 0 Å². The maximum atomic E-state index is 8.88. The van der Waals surface area contributed by atoms with E-state index in [9.17, 15) is 0 Å². The zero-order chi connectivity index (χ0) is 4.50. The van der Waals surface area contributed by atoms with Gasteiger partial charge in [0.05, 0.1) is 0 Å². The molecule has 0 fully saturated rings. The van der Waals surface area contributed by atoms with Gasteiger partial charge in [-0.1, -0.05) is 0 Å². The molecule has 50 valence electrons. The van der Waals surface area contributed by atoms with E-state index in [4.69, 9.17) is 19.2 Å². The van der Waals surface area contributed by atoms with Crippen LogP contribution in [-0.2, 0) is 30.8 Å². The Bertz CT molecular complexity index is 69.4. The van der Waals surface area contributed by atoms with Crippen molar-refractivity contribution in [2.75, 3.05) is 0 Å². The Morgan fingerprint density at radius 1 is 1.11 bits per heavy atom. The van der Waals surface area contributed by atoms with Crippen molar-refractivity contribution in [3.8, 4) is 0 Å². The minimum Gasteiger partial charge on any atom is -1.00 e. The van der Waals surface area contributed by atoms with Gasteiger partial charge in [-0.3, -0.25) is 0 Å². The molecule has 0 aromatic carbocycles. The van der Waals surface area contributed by atoms with E-state index >= 15 is 0 Å². The van der Waals surface area contributed by atoms with Gasteiger partial charge in [0.1, 0.15) is 0 Å². The van der Waals surface area contributed by atoms with Gasteiger partial charge in [0.2, 0.25) is 0 Å². The van der Waals surface area contributed by atoms with Crippen LogP contribution in [0.5, 0.6) is 0 Å². The molecule has 0 aliphatic rings. The Morgan fingerprint density at radius 3 is 1.11 bits per heavy atom. The summed E-state index contributed by atoms with van der Waals surface area (Å²) in [5.74, 6) is 0. The average molecular weight is 343 g/mol. The summed E-state index contributed by atoms with van der Waals surface area (Å²) in [5.41, 5.74) is 0. The predicted molar refractivity (Wildman–Crippen MR) is 35.3 cm³/mol. The van der Waals surface area contributed by atoms with Crippen LogP contribution < -0.4 is 18.9 Å². The molecule has 0 saturated carbocycles. The molecule has 0 aliphatic carbocycles. The third-order valence-electron chi connectivity index (χ3n) is 0. The fraction of sp³-hybridized carbons (Fsp3) is 0. The van der Waals surface area contributed by atoms with Crippen LogP contribution in [0.1, 0.15) is 1.43 Å². The normalized spacial score (nSPS) is 6.56. The van der Waals surface area contributed by atoms with Crippen molar-refractivity contribution in [1.29, 1.82) is 0 Å². The molecule has 0 radical (unpaired) electrons.